The van der Waals surface area contributed by atoms with E-state index in [1.165, 1.54) is 14.2 Å². The quantitative estimate of drug-likeness (QED) is 0.386. The lowest BCUT2D eigenvalue weighted by atomic mass is 10.1. The van der Waals surface area contributed by atoms with E-state index in [0.717, 1.165) is 27.6 Å². The van der Waals surface area contributed by atoms with Gasteiger partial charge in [0.1, 0.15) is 0 Å². The van der Waals surface area contributed by atoms with E-state index in [9.17, 15) is 9.18 Å². The zero-order valence-electron chi connectivity index (χ0n) is 10.4. The van der Waals surface area contributed by atoms with Gasteiger partial charge in [-0.2, -0.15) is 0 Å². The minimum atomic E-state index is -1.53. The predicted octanol–water partition coefficient (Wildman–Crippen LogP) is 3.20. The molecular weight excluding hydrogens is 255 g/mol. The first-order valence-corrected chi connectivity index (χ1v) is 6.00. The number of halogens is 1. The number of carbonyl (C=O) groups excluding carboxylic acids is 1. The van der Waals surface area contributed by atoms with E-state index in [0.29, 0.717) is 5.88 Å². The molecule has 0 aliphatic heterocycles. The van der Waals surface area contributed by atoms with Crippen LogP contribution in [0.5, 0.6) is 0 Å². The lowest BCUT2D eigenvalue weighted by molar-refractivity contribution is 0.209. The second-order valence-corrected chi connectivity index (χ2v) is 4.40. The third-order valence-corrected chi connectivity index (χ3v) is 2.97. The molecule has 0 unspecified atom stereocenters. The van der Waals surface area contributed by atoms with Crippen LogP contribution in [0.4, 0.5) is 9.18 Å². The van der Waals surface area contributed by atoms with Gasteiger partial charge in [0.2, 0.25) is 5.88 Å². The van der Waals surface area contributed by atoms with Crippen LogP contribution in [0, 0.1) is 0 Å². The molecule has 0 aliphatic carbocycles. The van der Waals surface area contributed by atoms with Gasteiger partial charge in [0, 0.05) is 12.6 Å². The standard InChI is InChI=1S/C12H15FN2O2S/c1-9(10-7-5-4-6-8-10)11(17-3)14-18-15(2)12(13)16/h4-8,14H,1-3H3. The first-order chi connectivity index (χ1) is 8.56. The van der Waals surface area contributed by atoms with Crippen LogP contribution in [0.15, 0.2) is 36.2 Å². The van der Waals surface area contributed by atoms with Gasteiger partial charge in [-0.15, -0.1) is 4.39 Å². The zero-order valence-corrected chi connectivity index (χ0v) is 11.3. The van der Waals surface area contributed by atoms with Gasteiger partial charge in [0.25, 0.3) is 0 Å². The molecule has 6 heteroatoms. The number of carbonyl (C=O) groups is 1. The Hall–Kier alpha value is -1.69. The molecule has 0 bridgehead atoms. The van der Waals surface area contributed by atoms with E-state index in [-0.39, 0.29) is 0 Å². The Balaban J connectivity index is 2.79. The molecule has 1 aromatic carbocycles. The number of ether oxygens (including phenoxy) is 1. The number of hydrogen-bond donors (Lipinski definition) is 1. The van der Waals surface area contributed by atoms with Crippen molar-refractivity contribution in [3.63, 3.8) is 0 Å². The van der Waals surface area contributed by atoms with Crippen LogP contribution in [0.25, 0.3) is 5.57 Å². The molecule has 0 aliphatic rings. The van der Waals surface area contributed by atoms with Crippen LogP contribution in [-0.4, -0.2) is 24.6 Å². The lowest BCUT2D eigenvalue weighted by Crippen LogP contribution is -2.20. The summed E-state index contributed by atoms with van der Waals surface area (Å²) in [5.74, 6) is 0.472. The number of hydrogen-bond acceptors (Lipinski definition) is 4. The number of amides is 1. The monoisotopic (exact) mass is 270 g/mol. The van der Waals surface area contributed by atoms with Crippen LogP contribution in [0.3, 0.4) is 0 Å². The highest BCUT2D eigenvalue weighted by molar-refractivity contribution is 7.95. The Kier molecular flexibility index (Phi) is 5.51. The molecule has 0 saturated carbocycles. The van der Waals surface area contributed by atoms with E-state index < -0.39 is 6.16 Å². The maximum atomic E-state index is 12.3. The average molecular weight is 270 g/mol. The van der Waals surface area contributed by atoms with Crippen LogP contribution < -0.4 is 4.72 Å². The fraction of sp³-hybridized carbons (Fsp3) is 0.250. The van der Waals surface area contributed by atoms with Gasteiger partial charge in [0.05, 0.1) is 19.2 Å². The molecule has 0 heterocycles. The Bertz CT molecular complexity index is 437. The Morgan fingerprint density at radius 1 is 1.39 bits per heavy atom. The van der Waals surface area contributed by atoms with Crippen molar-refractivity contribution in [3.05, 3.63) is 41.8 Å². The van der Waals surface area contributed by atoms with Crippen molar-refractivity contribution in [1.82, 2.24) is 9.03 Å². The molecule has 1 amide bonds. The molecule has 0 saturated heterocycles. The molecule has 0 spiro atoms. The second-order valence-electron chi connectivity index (χ2n) is 3.47. The summed E-state index contributed by atoms with van der Waals surface area (Å²) in [6.07, 6.45) is -1.53. The van der Waals surface area contributed by atoms with Crippen molar-refractivity contribution < 1.29 is 13.9 Å². The summed E-state index contributed by atoms with van der Waals surface area (Å²) in [5, 5.41) is 0. The minimum absolute atomic E-state index is 0.472. The van der Waals surface area contributed by atoms with Gasteiger partial charge in [-0.05, 0) is 12.5 Å². The SMILES string of the molecule is COC(NSN(C)C(=O)F)=C(C)c1ccccc1. The topological polar surface area (TPSA) is 41.6 Å². The highest BCUT2D eigenvalue weighted by Crippen LogP contribution is 2.19. The van der Waals surface area contributed by atoms with Crippen LogP contribution >= 0.6 is 12.1 Å². The van der Waals surface area contributed by atoms with Gasteiger partial charge in [0.15, 0.2) is 0 Å². The van der Waals surface area contributed by atoms with Crippen molar-refractivity contribution in [2.75, 3.05) is 14.2 Å². The molecule has 18 heavy (non-hydrogen) atoms. The van der Waals surface area contributed by atoms with Gasteiger partial charge in [-0.25, -0.2) is 9.10 Å². The smallest absolute Gasteiger partial charge is 0.411 e. The molecule has 0 fully saturated rings. The number of allylic oxidation sites excluding steroid dienone is 1. The largest absolute Gasteiger partial charge is 0.482 e. The fourth-order valence-electron chi connectivity index (χ4n) is 1.24. The molecule has 1 N–H and O–H groups in total. The number of nitrogens with one attached hydrogen (secondary N) is 1. The van der Waals surface area contributed by atoms with Crippen molar-refractivity contribution in [2.45, 2.75) is 6.92 Å². The Morgan fingerprint density at radius 3 is 2.50 bits per heavy atom. The highest BCUT2D eigenvalue weighted by Gasteiger charge is 2.10. The molecule has 4 nitrogen and oxygen atoms in total. The van der Waals surface area contributed by atoms with E-state index >= 15 is 0 Å². The number of rotatable bonds is 5. The summed E-state index contributed by atoms with van der Waals surface area (Å²) >= 11 is 0.816. The molecule has 98 valence electrons. The molecule has 1 aromatic rings. The minimum Gasteiger partial charge on any atom is -0.482 e. The summed E-state index contributed by atoms with van der Waals surface area (Å²) in [6, 6.07) is 9.61. The molecule has 1 rings (SSSR count). The lowest BCUT2D eigenvalue weighted by Gasteiger charge is -2.16. The molecule has 0 aromatic heterocycles. The first kappa shape index (κ1) is 14.4. The van der Waals surface area contributed by atoms with Crippen molar-refractivity contribution >= 4 is 23.9 Å². The van der Waals surface area contributed by atoms with Gasteiger partial charge in [-0.3, -0.25) is 4.72 Å². The van der Waals surface area contributed by atoms with E-state index in [4.69, 9.17) is 4.74 Å². The van der Waals surface area contributed by atoms with Crippen molar-refractivity contribution in [3.8, 4) is 0 Å². The van der Waals surface area contributed by atoms with Gasteiger partial charge >= 0.3 is 6.16 Å². The van der Waals surface area contributed by atoms with Gasteiger partial charge < -0.3 is 4.74 Å². The predicted molar refractivity (Wildman–Crippen MR) is 71.0 cm³/mol. The molecular formula is C12H15FN2O2S. The summed E-state index contributed by atoms with van der Waals surface area (Å²) in [4.78, 5) is 10.4. The summed E-state index contributed by atoms with van der Waals surface area (Å²) < 4.78 is 21.1. The number of benzene rings is 1. The third-order valence-electron chi connectivity index (χ3n) is 2.27. The van der Waals surface area contributed by atoms with E-state index in [2.05, 4.69) is 4.72 Å². The van der Waals surface area contributed by atoms with Crippen molar-refractivity contribution in [1.29, 1.82) is 0 Å². The zero-order chi connectivity index (χ0) is 13.5. The van der Waals surface area contributed by atoms with Crippen LogP contribution in [0.2, 0.25) is 0 Å². The first-order valence-electron chi connectivity index (χ1n) is 5.22. The average Bonchev–Trinajstić information content (AvgIpc) is 2.39. The number of methoxy groups -OCH3 is 1. The fourth-order valence-corrected chi connectivity index (χ4v) is 1.76. The highest BCUT2D eigenvalue weighted by atomic mass is 32.2. The van der Waals surface area contributed by atoms with E-state index in [1.54, 1.807) is 0 Å². The summed E-state index contributed by atoms with van der Waals surface area (Å²) in [5.41, 5.74) is 1.85. The van der Waals surface area contributed by atoms with Crippen molar-refractivity contribution in [2.24, 2.45) is 0 Å². The van der Waals surface area contributed by atoms with Crippen LogP contribution in [-0.2, 0) is 4.74 Å². The Labute approximate surface area is 110 Å². The third kappa shape index (κ3) is 3.96. The van der Waals surface area contributed by atoms with Crippen LogP contribution in [0.1, 0.15) is 12.5 Å². The molecule has 0 radical (unpaired) electrons. The second kappa shape index (κ2) is 6.90. The number of nitrogens with zero attached hydrogens (tertiary/aromatic N) is 1. The Morgan fingerprint density at radius 2 is 2.00 bits per heavy atom. The van der Waals surface area contributed by atoms with Gasteiger partial charge in [-0.1, -0.05) is 30.3 Å². The molecule has 0 atom stereocenters. The summed E-state index contributed by atoms with van der Waals surface area (Å²) in [6.45, 7) is 1.87. The maximum Gasteiger partial charge on any atom is 0.411 e. The summed E-state index contributed by atoms with van der Waals surface area (Å²) in [7, 11) is 2.83. The normalized spacial score (nSPS) is 11.6. The maximum absolute atomic E-state index is 12.3. The van der Waals surface area contributed by atoms with E-state index in [1.807, 2.05) is 37.3 Å².